The summed E-state index contributed by atoms with van der Waals surface area (Å²) in [4.78, 5) is 16.6. The Balaban J connectivity index is 1.60. The number of aryl methyl sites for hydroxylation is 3. The van der Waals surface area contributed by atoms with Crippen LogP contribution in [0.5, 0.6) is 0 Å². The standard InChI is InChI=1S/C18H19N3O2S/c1-11-4-6-14(7-5-11)16-10-24-18(19-16)20-17(22)9-8-15-12(2)21-23-13(15)3/h4-7,10H,8-9H2,1-3H3,(H,19,20,22). The van der Waals surface area contributed by atoms with Crippen molar-refractivity contribution in [2.24, 2.45) is 0 Å². The first-order chi connectivity index (χ1) is 11.5. The van der Waals surface area contributed by atoms with E-state index < -0.39 is 0 Å². The topological polar surface area (TPSA) is 68.0 Å². The minimum absolute atomic E-state index is 0.0557. The maximum Gasteiger partial charge on any atom is 0.226 e. The molecule has 0 radical (unpaired) electrons. The van der Waals surface area contributed by atoms with Crippen molar-refractivity contribution < 1.29 is 9.32 Å². The van der Waals surface area contributed by atoms with Crippen molar-refractivity contribution in [1.82, 2.24) is 10.1 Å². The number of anilines is 1. The van der Waals surface area contributed by atoms with Gasteiger partial charge in [0.2, 0.25) is 5.91 Å². The van der Waals surface area contributed by atoms with Crippen molar-refractivity contribution in [3.63, 3.8) is 0 Å². The molecule has 0 aliphatic heterocycles. The van der Waals surface area contributed by atoms with Crippen molar-refractivity contribution in [3.8, 4) is 11.3 Å². The van der Waals surface area contributed by atoms with Crippen LogP contribution in [0.25, 0.3) is 11.3 Å². The molecule has 0 aliphatic rings. The molecule has 2 aromatic heterocycles. The second-order valence-electron chi connectivity index (χ2n) is 5.75. The highest BCUT2D eigenvalue weighted by Crippen LogP contribution is 2.25. The zero-order chi connectivity index (χ0) is 17.1. The number of carbonyl (C=O) groups excluding carboxylic acids is 1. The number of thiazole rings is 1. The lowest BCUT2D eigenvalue weighted by atomic mass is 10.1. The second kappa shape index (κ2) is 6.97. The highest BCUT2D eigenvalue weighted by Gasteiger charge is 2.12. The summed E-state index contributed by atoms with van der Waals surface area (Å²) in [5, 5.41) is 9.34. The van der Waals surface area contributed by atoms with Crippen molar-refractivity contribution in [3.05, 3.63) is 52.2 Å². The maximum atomic E-state index is 12.1. The molecule has 0 fully saturated rings. The van der Waals surface area contributed by atoms with Gasteiger partial charge in [-0.1, -0.05) is 35.0 Å². The Morgan fingerprint density at radius 3 is 2.62 bits per heavy atom. The number of benzene rings is 1. The first-order valence-corrected chi connectivity index (χ1v) is 8.65. The van der Waals surface area contributed by atoms with Gasteiger partial charge in [0.1, 0.15) is 5.76 Å². The lowest BCUT2D eigenvalue weighted by Gasteiger charge is -2.02. The number of amides is 1. The average Bonchev–Trinajstić information content (AvgIpc) is 3.14. The first-order valence-electron chi connectivity index (χ1n) is 7.77. The molecule has 0 saturated carbocycles. The van der Waals surface area contributed by atoms with Crippen LogP contribution in [-0.4, -0.2) is 16.0 Å². The fourth-order valence-electron chi connectivity index (χ4n) is 2.47. The summed E-state index contributed by atoms with van der Waals surface area (Å²) < 4.78 is 5.11. The summed E-state index contributed by atoms with van der Waals surface area (Å²) in [6, 6.07) is 8.17. The molecule has 3 aromatic rings. The van der Waals surface area contributed by atoms with Gasteiger partial charge in [0.15, 0.2) is 5.13 Å². The molecular formula is C18H19N3O2S. The van der Waals surface area contributed by atoms with Gasteiger partial charge >= 0.3 is 0 Å². The third-order valence-electron chi connectivity index (χ3n) is 3.88. The Labute approximate surface area is 144 Å². The molecule has 0 unspecified atom stereocenters. The second-order valence-corrected chi connectivity index (χ2v) is 6.61. The van der Waals surface area contributed by atoms with E-state index in [0.29, 0.717) is 18.0 Å². The summed E-state index contributed by atoms with van der Waals surface area (Å²) in [7, 11) is 0. The van der Waals surface area contributed by atoms with Gasteiger partial charge in [0.05, 0.1) is 11.4 Å². The minimum atomic E-state index is -0.0557. The molecule has 0 saturated heterocycles. The van der Waals surface area contributed by atoms with E-state index in [2.05, 4.69) is 34.5 Å². The van der Waals surface area contributed by atoms with Gasteiger partial charge in [0.25, 0.3) is 0 Å². The molecule has 1 amide bonds. The predicted molar refractivity (Wildman–Crippen MR) is 95.2 cm³/mol. The largest absolute Gasteiger partial charge is 0.361 e. The van der Waals surface area contributed by atoms with Gasteiger partial charge in [-0.2, -0.15) is 0 Å². The molecule has 0 aliphatic carbocycles. The SMILES string of the molecule is Cc1ccc(-c2csc(NC(=O)CCc3c(C)noc3C)n2)cc1. The van der Waals surface area contributed by atoms with Crippen LogP contribution < -0.4 is 5.32 Å². The summed E-state index contributed by atoms with van der Waals surface area (Å²) in [5.74, 6) is 0.719. The molecule has 24 heavy (non-hydrogen) atoms. The number of hydrogen-bond donors (Lipinski definition) is 1. The molecule has 1 N–H and O–H groups in total. The highest BCUT2D eigenvalue weighted by molar-refractivity contribution is 7.14. The number of aromatic nitrogens is 2. The van der Waals surface area contributed by atoms with Gasteiger partial charge in [-0.25, -0.2) is 4.98 Å². The number of carbonyl (C=O) groups is 1. The number of hydrogen-bond acceptors (Lipinski definition) is 5. The highest BCUT2D eigenvalue weighted by atomic mass is 32.1. The lowest BCUT2D eigenvalue weighted by molar-refractivity contribution is -0.116. The van der Waals surface area contributed by atoms with Gasteiger partial charge < -0.3 is 9.84 Å². The summed E-state index contributed by atoms with van der Waals surface area (Å²) in [5.41, 5.74) is 4.98. The Bertz CT molecular complexity index is 830. The predicted octanol–water partition coefficient (Wildman–Crippen LogP) is 4.29. The molecule has 0 bridgehead atoms. The van der Waals surface area contributed by atoms with Crippen LogP contribution in [0.4, 0.5) is 5.13 Å². The fourth-order valence-corrected chi connectivity index (χ4v) is 3.20. The molecule has 124 valence electrons. The Kier molecular flexibility index (Phi) is 4.76. The molecule has 5 nitrogen and oxygen atoms in total. The normalized spacial score (nSPS) is 10.8. The molecule has 3 rings (SSSR count). The first kappa shape index (κ1) is 16.4. The van der Waals surface area contributed by atoms with Gasteiger partial charge in [-0.3, -0.25) is 4.79 Å². The van der Waals surface area contributed by atoms with E-state index in [9.17, 15) is 4.79 Å². The summed E-state index contributed by atoms with van der Waals surface area (Å²) in [6.07, 6.45) is 0.992. The lowest BCUT2D eigenvalue weighted by Crippen LogP contribution is -2.12. The van der Waals surface area contributed by atoms with Crippen LogP contribution in [-0.2, 0) is 11.2 Å². The van der Waals surface area contributed by atoms with E-state index in [1.54, 1.807) is 0 Å². The van der Waals surface area contributed by atoms with Crippen LogP contribution in [0, 0.1) is 20.8 Å². The van der Waals surface area contributed by atoms with Gasteiger partial charge in [0, 0.05) is 22.9 Å². The van der Waals surface area contributed by atoms with Crippen LogP contribution in [0.2, 0.25) is 0 Å². The summed E-state index contributed by atoms with van der Waals surface area (Å²) in [6.45, 7) is 5.80. The van der Waals surface area contributed by atoms with Crippen molar-refractivity contribution >= 4 is 22.4 Å². The quantitative estimate of drug-likeness (QED) is 0.751. The van der Waals surface area contributed by atoms with Crippen LogP contribution in [0.15, 0.2) is 34.2 Å². The van der Waals surface area contributed by atoms with Gasteiger partial charge in [-0.05, 0) is 27.2 Å². The number of rotatable bonds is 5. The number of nitrogens with one attached hydrogen (secondary N) is 1. The molecule has 1 aromatic carbocycles. The van der Waals surface area contributed by atoms with E-state index in [-0.39, 0.29) is 5.91 Å². The monoisotopic (exact) mass is 341 g/mol. The zero-order valence-corrected chi connectivity index (χ0v) is 14.7. The zero-order valence-electron chi connectivity index (χ0n) is 13.9. The molecule has 6 heteroatoms. The minimum Gasteiger partial charge on any atom is -0.361 e. The van der Waals surface area contributed by atoms with Crippen LogP contribution in [0.3, 0.4) is 0 Å². The molecule has 0 atom stereocenters. The fraction of sp³-hybridized carbons (Fsp3) is 0.278. The van der Waals surface area contributed by atoms with Gasteiger partial charge in [-0.15, -0.1) is 11.3 Å². The Morgan fingerprint density at radius 2 is 1.96 bits per heavy atom. The van der Waals surface area contributed by atoms with E-state index in [1.807, 2.05) is 31.4 Å². The number of nitrogens with zero attached hydrogens (tertiary/aromatic N) is 2. The molecule has 2 heterocycles. The third kappa shape index (κ3) is 3.71. The van der Waals surface area contributed by atoms with E-state index in [0.717, 1.165) is 28.3 Å². The summed E-state index contributed by atoms with van der Waals surface area (Å²) >= 11 is 1.43. The maximum absolute atomic E-state index is 12.1. The smallest absolute Gasteiger partial charge is 0.226 e. The molecule has 0 spiro atoms. The van der Waals surface area contributed by atoms with Crippen molar-refractivity contribution in [1.29, 1.82) is 0 Å². The Hall–Kier alpha value is -2.47. The van der Waals surface area contributed by atoms with E-state index in [1.165, 1.54) is 16.9 Å². The molecular weight excluding hydrogens is 322 g/mol. The Morgan fingerprint density at radius 1 is 1.21 bits per heavy atom. The van der Waals surface area contributed by atoms with Crippen molar-refractivity contribution in [2.75, 3.05) is 5.32 Å². The third-order valence-corrected chi connectivity index (χ3v) is 4.64. The van der Waals surface area contributed by atoms with Crippen LogP contribution in [0.1, 0.15) is 29.0 Å². The van der Waals surface area contributed by atoms with Crippen molar-refractivity contribution in [2.45, 2.75) is 33.6 Å². The van der Waals surface area contributed by atoms with E-state index >= 15 is 0 Å². The van der Waals surface area contributed by atoms with E-state index in [4.69, 9.17) is 4.52 Å². The average molecular weight is 341 g/mol. The van der Waals surface area contributed by atoms with Crippen LogP contribution >= 0.6 is 11.3 Å².